The highest BCUT2D eigenvalue weighted by Crippen LogP contribution is 2.31. The molecular formula is C19H17FN2O3. The molecule has 0 saturated heterocycles. The molecule has 2 aromatic rings. The van der Waals surface area contributed by atoms with Gasteiger partial charge in [0, 0.05) is 5.56 Å². The summed E-state index contributed by atoms with van der Waals surface area (Å²) in [4.78, 5) is 29.4. The van der Waals surface area contributed by atoms with Gasteiger partial charge in [0.1, 0.15) is 11.7 Å². The number of aliphatic imine (C=N–C) groups is 1. The lowest BCUT2D eigenvalue weighted by molar-refractivity contribution is -0.153. The van der Waals surface area contributed by atoms with Crippen molar-refractivity contribution in [2.45, 2.75) is 13.0 Å². The number of hydrogen-bond acceptors (Lipinski definition) is 4. The lowest BCUT2D eigenvalue weighted by atomic mass is 9.90. The largest absolute Gasteiger partial charge is 0.465 e. The first-order valence-electron chi connectivity index (χ1n) is 7.96. The minimum Gasteiger partial charge on any atom is -0.465 e. The Morgan fingerprint density at radius 1 is 1.16 bits per heavy atom. The highest BCUT2D eigenvalue weighted by molar-refractivity contribution is 6.14. The van der Waals surface area contributed by atoms with Crippen LogP contribution in [0.3, 0.4) is 0 Å². The van der Waals surface area contributed by atoms with E-state index in [1.54, 1.807) is 6.92 Å². The number of amidine groups is 1. The van der Waals surface area contributed by atoms with Gasteiger partial charge >= 0.3 is 5.97 Å². The number of carbonyl (C=O) groups is 2. The Hall–Kier alpha value is -3.02. The van der Waals surface area contributed by atoms with E-state index in [1.165, 1.54) is 24.3 Å². The van der Waals surface area contributed by atoms with E-state index in [2.05, 4.69) is 10.3 Å². The van der Waals surface area contributed by atoms with Crippen molar-refractivity contribution in [1.82, 2.24) is 5.32 Å². The van der Waals surface area contributed by atoms with Gasteiger partial charge in [0.2, 0.25) is 5.91 Å². The van der Waals surface area contributed by atoms with Gasteiger partial charge in [-0.2, -0.15) is 0 Å². The number of hydrogen-bond donors (Lipinski definition) is 1. The predicted octanol–water partition coefficient (Wildman–Crippen LogP) is 2.62. The van der Waals surface area contributed by atoms with Gasteiger partial charge < -0.3 is 10.1 Å². The molecule has 3 rings (SSSR count). The van der Waals surface area contributed by atoms with Crippen LogP contribution < -0.4 is 5.32 Å². The van der Waals surface area contributed by atoms with E-state index in [4.69, 9.17) is 4.74 Å². The highest BCUT2D eigenvalue weighted by Gasteiger charge is 2.41. The SMILES string of the molecule is CCOC(=O)[C@H]1C(=O)NC(c2ccccc2)=N[C@@H]1c1ccc(F)cc1. The molecule has 0 unspecified atom stereocenters. The highest BCUT2D eigenvalue weighted by atomic mass is 19.1. The Morgan fingerprint density at radius 3 is 2.48 bits per heavy atom. The molecule has 1 amide bonds. The molecule has 1 heterocycles. The Kier molecular flexibility index (Phi) is 4.88. The zero-order valence-corrected chi connectivity index (χ0v) is 13.6. The lowest BCUT2D eigenvalue weighted by Gasteiger charge is -2.28. The van der Waals surface area contributed by atoms with Crippen molar-refractivity contribution in [3.8, 4) is 0 Å². The van der Waals surface area contributed by atoms with Crippen LogP contribution in [0.5, 0.6) is 0 Å². The molecular weight excluding hydrogens is 323 g/mol. The third-order valence-corrected chi connectivity index (χ3v) is 3.91. The molecule has 0 radical (unpaired) electrons. The summed E-state index contributed by atoms with van der Waals surface area (Å²) in [6.45, 7) is 1.83. The molecule has 0 saturated carbocycles. The third kappa shape index (κ3) is 3.57. The maximum absolute atomic E-state index is 13.2. The van der Waals surface area contributed by atoms with Crippen LogP contribution in [0.1, 0.15) is 24.1 Å². The standard InChI is InChI=1S/C19H17FN2O3/c1-2-25-19(24)15-16(12-8-10-14(20)11-9-12)21-17(22-18(15)23)13-6-4-3-5-7-13/h3-11,15-16H,2H2,1H3,(H,21,22,23)/t15-,16-/m1/s1. The summed E-state index contributed by atoms with van der Waals surface area (Å²) in [7, 11) is 0. The molecule has 2 atom stereocenters. The average Bonchev–Trinajstić information content (AvgIpc) is 2.62. The van der Waals surface area contributed by atoms with Gasteiger partial charge in [0.15, 0.2) is 5.92 Å². The second-order valence-electron chi connectivity index (χ2n) is 5.56. The average molecular weight is 340 g/mol. The monoisotopic (exact) mass is 340 g/mol. The third-order valence-electron chi connectivity index (χ3n) is 3.91. The van der Waals surface area contributed by atoms with E-state index in [-0.39, 0.29) is 6.61 Å². The van der Waals surface area contributed by atoms with Crippen LogP contribution in [0, 0.1) is 11.7 Å². The summed E-state index contributed by atoms with van der Waals surface area (Å²) in [5.74, 6) is -2.27. The van der Waals surface area contributed by atoms with E-state index in [0.717, 1.165) is 5.56 Å². The van der Waals surface area contributed by atoms with Crippen molar-refractivity contribution in [3.63, 3.8) is 0 Å². The van der Waals surface area contributed by atoms with Gasteiger partial charge in [-0.25, -0.2) is 4.39 Å². The number of benzene rings is 2. The van der Waals surface area contributed by atoms with Gasteiger partial charge in [-0.05, 0) is 24.6 Å². The van der Waals surface area contributed by atoms with Crippen molar-refractivity contribution in [3.05, 3.63) is 71.5 Å². The molecule has 0 fully saturated rings. The smallest absolute Gasteiger partial charge is 0.321 e. The molecule has 5 nitrogen and oxygen atoms in total. The van der Waals surface area contributed by atoms with Gasteiger partial charge in [0.05, 0.1) is 12.6 Å². The number of halogens is 1. The zero-order chi connectivity index (χ0) is 17.8. The molecule has 25 heavy (non-hydrogen) atoms. The fraction of sp³-hybridized carbons (Fsp3) is 0.211. The minimum absolute atomic E-state index is 0.161. The van der Waals surface area contributed by atoms with Gasteiger partial charge in [-0.15, -0.1) is 0 Å². The number of nitrogens with zero attached hydrogens (tertiary/aromatic N) is 1. The number of nitrogens with one attached hydrogen (secondary N) is 1. The first-order valence-corrected chi connectivity index (χ1v) is 7.96. The molecule has 1 N–H and O–H groups in total. The summed E-state index contributed by atoms with van der Waals surface area (Å²) in [6, 6.07) is 14.0. The molecule has 128 valence electrons. The first kappa shape index (κ1) is 16.8. The summed E-state index contributed by atoms with van der Waals surface area (Å²) in [5.41, 5.74) is 1.30. The summed E-state index contributed by atoms with van der Waals surface area (Å²) >= 11 is 0. The Morgan fingerprint density at radius 2 is 1.84 bits per heavy atom. The molecule has 6 heteroatoms. The van der Waals surface area contributed by atoms with E-state index in [0.29, 0.717) is 11.4 Å². The molecule has 1 aliphatic heterocycles. The first-order chi connectivity index (χ1) is 12.1. The molecule has 1 aliphatic rings. The quantitative estimate of drug-likeness (QED) is 0.687. The van der Waals surface area contributed by atoms with Crippen LogP contribution in [0.15, 0.2) is 59.6 Å². The van der Waals surface area contributed by atoms with Crippen molar-refractivity contribution < 1.29 is 18.7 Å². The van der Waals surface area contributed by atoms with E-state index >= 15 is 0 Å². The maximum Gasteiger partial charge on any atom is 0.321 e. The molecule has 0 bridgehead atoms. The minimum atomic E-state index is -1.11. The van der Waals surface area contributed by atoms with Crippen molar-refractivity contribution in [2.75, 3.05) is 6.61 Å². The summed E-state index contributed by atoms with van der Waals surface area (Å²) < 4.78 is 18.3. The number of carbonyl (C=O) groups excluding carboxylic acids is 2. The van der Waals surface area contributed by atoms with E-state index in [9.17, 15) is 14.0 Å². The van der Waals surface area contributed by atoms with Gasteiger partial charge in [0.25, 0.3) is 0 Å². The van der Waals surface area contributed by atoms with Crippen LogP contribution in [-0.2, 0) is 14.3 Å². The van der Waals surface area contributed by atoms with Crippen LogP contribution in [0.4, 0.5) is 4.39 Å². The number of ether oxygens (including phenoxy) is 1. The number of amides is 1. The van der Waals surface area contributed by atoms with Crippen LogP contribution in [0.2, 0.25) is 0 Å². The Bertz CT molecular complexity index is 803. The van der Waals surface area contributed by atoms with Crippen molar-refractivity contribution in [2.24, 2.45) is 10.9 Å². The van der Waals surface area contributed by atoms with Gasteiger partial charge in [-0.1, -0.05) is 42.5 Å². The normalized spacial score (nSPS) is 19.8. The Labute approximate surface area is 144 Å². The Balaban J connectivity index is 2.05. The fourth-order valence-corrected chi connectivity index (χ4v) is 2.72. The second-order valence-corrected chi connectivity index (χ2v) is 5.56. The second kappa shape index (κ2) is 7.25. The fourth-order valence-electron chi connectivity index (χ4n) is 2.72. The van der Waals surface area contributed by atoms with E-state index < -0.39 is 29.7 Å². The van der Waals surface area contributed by atoms with Crippen LogP contribution in [0.25, 0.3) is 0 Å². The van der Waals surface area contributed by atoms with E-state index in [1.807, 2.05) is 30.3 Å². The predicted molar refractivity (Wildman–Crippen MR) is 90.4 cm³/mol. The van der Waals surface area contributed by atoms with Crippen molar-refractivity contribution in [1.29, 1.82) is 0 Å². The lowest BCUT2D eigenvalue weighted by Crippen LogP contribution is -2.47. The molecule has 0 aromatic heterocycles. The molecule has 0 aliphatic carbocycles. The molecule has 2 aromatic carbocycles. The topological polar surface area (TPSA) is 67.8 Å². The van der Waals surface area contributed by atoms with Crippen LogP contribution in [-0.4, -0.2) is 24.3 Å². The number of esters is 1. The van der Waals surface area contributed by atoms with Crippen LogP contribution >= 0.6 is 0 Å². The summed E-state index contributed by atoms with van der Waals surface area (Å²) in [5, 5.41) is 2.67. The maximum atomic E-state index is 13.2. The number of rotatable bonds is 4. The van der Waals surface area contributed by atoms with Crippen molar-refractivity contribution >= 4 is 17.7 Å². The molecule has 0 spiro atoms. The zero-order valence-electron chi connectivity index (χ0n) is 13.6. The van der Waals surface area contributed by atoms with Gasteiger partial charge in [-0.3, -0.25) is 14.6 Å². The summed E-state index contributed by atoms with van der Waals surface area (Å²) in [6.07, 6.45) is 0.